The number of carbonyl (C=O) groups is 1. The van der Waals surface area contributed by atoms with Crippen molar-refractivity contribution in [3.05, 3.63) is 71.3 Å². The summed E-state index contributed by atoms with van der Waals surface area (Å²) in [4.78, 5) is 12.6. The van der Waals surface area contributed by atoms with Crippen LogP contribution in [0.5, 0.6) is 5.75 Å². The Kier molecular flexibility index (Phi) is 4.06. The maximum Gasteiger partial charge on any atom is 0.265 e. The van der Waals surface area contributed by atoms with E-state index in [4.69, 9.17) is 10.00 Å². The molecule has 0 radical (unpaired) electrons. The van der Waals surface area contributed by atoms with Gasteiger partial charge in [-0.05, 0) is 66.6 Å². The van der Waals surface area contributed by atoms with E-state index < -0.39 is 6.10 Å². The lowest BCUT2D eigenvalue weighted by molar-refractivity contribution is -0.122. The van der Waals surface area contributed by atoms with E-state index in [0.29, 0.717) is 11.3 Å². The smallest absolute Gasteiger partial charge is 0.265 e. The van der Waals surface area contributed by atoms with Gasteiger partial charge in [0.15, 0.2) is 6.10 Å². The van der Waals surface area contributed by atoms with Crippen molar-refractivity contribution in [2.45, 2.75) is 25.9 Å². The molecule has 0 fully saturated rings. The fourth-order valence-electron chi connectivity index (χ4n) is 3.46. The Morgan fingerprint density at radius 3 is 2.54 bits per heavy atom. The lowest BCUT2D eigenvalue weighted by Gasteiger charge is -2.16. The van der Waals surface area contributed by atoms with Crippen molar-refractivity contribution < 1.29 is 9.53 Å². The zero-order valence-corrected chi connectivity index (χ0v) is 14.5. The van der Waals surface area contributed by atoms with Gasteiger partial charge >= 0.3 is 0 Å². The van der Waals surface area contributed by atoms with Crippen molar-refractivity contribution in [3.63, 3.8) is 0 Å². The summed E-state index contributed by atoms with van der Waals surface area (Å²) in [6.45, 7) is 1.72. The first-order valence-corrected chi connectivity index (χ1v) is 8.67. The third kappa shape index (κ3) is 2.89. The topological polar surface area (TPSA) is 62.1 Å². The molecule has 0 saturated heterocycles. The molecule has 0 heterocycles. The van der Waals surface area contributed by atoms with E-state index in [1.807, 2.05) is 12.1 Å². The van der Waals surface area contributed by atoms with Crippen LogP contribution in [0.4, 0.5) is 5.69 Å². The molecule has 1 aliphatic carbocycles. The van der Waals surface area contributed by atoms with Gasteiger partial charge in [0, 0.05) is 11.1 Å². The number of rotatable bonds is 4. The number of amides is 1. The van der Waals surface area contributed by atoms with Crippen LogP contribution < -0.4 is 10.1 Å². The standard InChI is InChI=1S/C22H18N2O2/c1-14(26-18-10-5-15(13-23)6-11-18)22(25)24-20-12-9-17-8-7-16-3-2-4-19(20)21(16)17/h2-6,9-12,14H,7-8H2,1H3,(H,24,25)/t14-/m1/s1. The number of ether oxygens (including phenoxy) is 1. The average molecular weight is 342 g/mol. The summed E-state index contributed by atoms with van der Waals surface area (Å²) in [6.07, 6.45) is 1.47. The van der Waals surface area contributed by atoms with E-state index in [-0.39, 0.29) is 5.91 Å². The van der Waals surface area contributed by atoms with Crippen LogP contribution >= 0.6 is 0 Å². The Balaban J connectivity index is 1.53. The molecule has 1 aliphatic rings. The zero-order chi connectivity index (χ0) is 18.1. The third-order valence-corrected chi connectivity index (χ3v) is 4.80. The second-order valence-corrected chi connectivity index (χ2v) is 6.50. The van der Waals surface area contributed by atoms with Crippen LogP contribution in [0.2, 0.25) is 0 Å². The van der Waals surface area contributed by atoms with Crippen molar-refractivity contribution in [3.8, 4) is 11.8 Å². The van der Waals surface area contributed by atoms with Crippen LogP contribution in [0, 0.1) is 11.3 Å². The van der Waals surface area contributed by atoms with Crippen molar-refractivity contribution in [1.82, 2.24) is 0 Å². The highest BCUT2D eigenvalue weighted by Gasteiger charge is 2.19. The maximum atomic E-state index is 12.6. The number of nitriles is 1. The normalized spacial score (nSPS) is 13.2. The molecule has 3 aromatic rings. The molecule has 1 amide bonds. The predicted octanol–water partition coefficient (Wildman–Crippen LogP) is 4.22. The number of hydrogen-bond acceptors (Lipinski definition) is 3. The quantitative estimate of drug-likeness (QED) is 0.772. The first kappa shape index (κ1) is 16.2. The lowest BCUT2D eigenvalue weighted by atomic mass is 10.0. The molecule has 128 valence electrons. The molecule has 1 N–H and O–H groups in total. The fraction of sp³-hybridized carbons (Fsp3) is 0.182. The SMILES string of the molecule is C[C@@H](Oc1ccc(C#N)cc1)C(=O)Nc1ccc2c3c(cccc13)CC2. The lowest BCUT2D eigenvalue weighted by Crippen LogP contribution is -2.30. The van der Waals surface area contributed by atoms with E-state index in [9.17, 15) is 4.79 Å². The Hall–Kier alpha value is -3.32. The number of nitrogens with one attached hydrogen (secondary N) is 1. The molecule has 0 spiro atoms. The van der Waals surface area contributed by atoms with Gasteiger partial charge < -0.3 is 10.1 Å². The minimum absolute atomic E-state index is 0.201. The number of benzene rings is 3. The number of carbonyl (C=O) groups excluding carboxylic acids is 1. The molecular formula is C22H18N2O2. The highest BCUT2D eigenvalue weighted by Crippen LogP contribution is 2.35. The van der Waals surface area contributed by atoms with Crippen LogP contribution in [-0.4, -0.2) is 12.0 Å². The molecule has 1 atom stereocenters. The molecule has 4 nitrogen and oxygen atoms in total. The Morgan fingerprint density at radius 2 is 1.81 bits per heavy atom. The molecule has 26 heavy (non-hydrogen) atoms. The van der Waals surface area contributed by atoms with E-state index in [1.165, 1.54) is 16.5 Å². The summed E-state index contributed by atoms with van der Waals surface area (Å²) in [7, 11) is 0. The van der Waals surface area contributed by atoms with Gasteiger partial charge in [-0.25, -0.2) is 0 Å². The predicted molar refractivity (Wildman–Crippen MR) is 101 cm³/mol. The summed E-state index contributed by atoms with van der Waals surface area (Å²) in [5.74, 6) is 0.361. The van der Waals surface area contributed by atoms with Crippen LogP contribution in [0.15, 0.2) is 54.6 Å². The molecule has 3 aromatic carbocycles. The second-order valence-electron chi connectivity index (χ2n) is 6.50. The first-order chi connectivity index (χ1) is 12.7. The molecule has 0 aromatic heterocycles. The summed E-state index contributed by atoms with van der Waals surface area (Å²) < 4.78 is 5.70. The van der Waals surface area contributed by atoms with Crippen LogP contribution in [0.1, 0.15) is 23.6 Å². The average Bonchev–Trinajstić information content (AvgIpc) is 3.09. The molecule has 0 bridgehead atoms. The monoisotopic (exact) mass is 342 g/mol. The van der Waals surface area contributed by atoms with E-state index >= 15 is 0 Å². The summed E-state index contributed by atoms with van der Waals surface area (Å²) in [5.41, 5.74) is 4.06. The molecular weight excluding hydrogens is 324 g/mol. The summed E-state index contributed by atoms with van der Waals surface area (Å²) in [5, 5.41) is 14.2. The summed E-state index contributed by atoms with van der Waals surface area (Å²) >= 11 is 0. The minimum atomic E-state index is -0.647. The van der Waals surface area contributed by atoms with Gasteiger partial charge in [0.2, 0.25) is 0 Å². The van der Waals surface area contributed by atoms with Gasteiger partial charge in [-0.2, -0.15) is 5.26 Å². The minimum Gasteiger partial charge on any atom is -0.481 e. The molecule has 0 aliphatic heterocycles. The highest BCUT2D eigenvalue weighted by atomic mass is 16.5. The Morgan fingerprint density at radius 1 is 1.08 bits per heavy atom. The number of anilines is 1. The van der Waals surface area contributed by atoms with Gasteiger partial charge in [-0.15, -0.1) is 0 Å². The van der Waals surface area contributed by atoms with Crippen molar-refractivity contribution >= 4 is 22.4 Å². The Labute approximate surface area is 152 Å². The van der Waals surface area contributed by atoms with Crippen LogP contribution in [0.25, 0.3) is 10.8 Å². The third-order valence-electron chi connectivity index (χ3n) is 4.80. The Bertz CT molecular complexity index is 1020. The van der Waals surface area contributed by atoms with Gasteiger partial charge in [-0.1, -0.05) is 24.3 Å². The highest BCUT2D eigenvalue weighted by molar-refractivity contribution is 6.06. The number of nitrogens with zero attached hydrogens (tertiary/aromatic N) is 1. The van der Waals surface area contributed by atoms with Crippen molar-refractivity contribution in [1.29, 1.82) is 5.26 Å². The second kappa shape index (κ2) is 6.53. The van der Waals surface area contributed by atoms with Crippen molar-refractivity contribution in [2.24, 2.45) is 0 Å². The number of hydrogen-bond donors (Lipinski definition) is 1. The maximum absolute atomic E-state index is 12.6. The van der Waals surface area contributed by atoms with E-state index in [0.717, 1.165) is 23.9 Å². The van der Waals surface area contributed by atoms with Gasteiger partial charge in [0.05, 0.1) is 11.6 Å². The molecule has 0 unspecified atom stereocenters. The van der Waals surface area contributed by atoms with Gasteiger partial charge in [-0.3, -0.25) is 4.79 Å². The molecule has 4 rings (SSSR count). The van der Waals surface area contributed by atoms with Gasteiger partial charge in [0.1, 0.15) is 5.75 Å². The first-order valence-electron chi connectivity index (χ1n) is 8.67. The van der Waals surface area contributed by atoms with Crippen LogP contribution in [0.3, 0.4) is 0 Å². The van der Waals surface area contributed by atoms with E-state index in [2.05, 4.69) is 29.6 Å². The molecule has 0 saturated carbocycles. The van der Waals surface area contributed by atoms with Gasteiger partial charge in [0.25, 0.3) is 5.91 Å². The zero-order valence-electron chi connectivity index (χ0n) is 14.5. The van der Waals surface area contributed by atoms with Crippen LogP contribution in [-0.2, 0) is 17.6 Å². The van der Waals surface area contributed by atoms with Crippen molar-refractivity contribution in [2.75, 3.05) is 5.32 Å². The summed E-state index contributed by atoms with van der Waals surface area (Å²) in [6, 6.07) is 19.1. The molecule has 4 heteroatoms. The fourth-order valence-corrected chi connectivity index (χ4v) is 3.46. The van der Waals surface area contributed by atoms with E-state index in [1.54, 1.807) is 31.2 Å². The number of aryl methyl sites for hydroxylation is 2. The largest absolute Gasteiger partial charge is 0.481 e.